The van der Waals surface area contributed by atoms with Gasteiger partial charge in [0.05, 0.1) is 23.0 Å². The van der Waals surface area contributed by atoms with Gasteiger partial charge in [0, 0.05) is 5.56 Å². The molecule has 6 heteroatoms. The second-order valence-electron chi connectivity index (χ2n) is 8.10. The van der Waals surface area contributed by atoms with Crippen molar-refractivity contribution in [2.45, 2.75) is 0 Å². The van der Waals surface area contributed by atoms with Crippen LogP contribution in [-0.4, -0.2) is 24.6 Å². The summed E-state index contributed by atoms with van der Waals surface area (Å²) >= 11 is 0. The third kappa shape index (κ3) is 4.92. The Kier molecular flexibility index (Phi) is 5.74. The molecule has 0 atom stereocenters. The summed E-state index contributed by atoms with van der Waals surface area (Å²) in [5.74, 6) is 0.752. The number of nitrogens with one attached hydrogen (secondary N) is 2. The molecule has 0 aliphatic carbocycles. The first-order chi connectivity index (χ1) is 16.4. The number of H-pyrrole nitrogens is 1. The first kappa shape index (κ1) is 21.7. The van der Waals surface area contributed by atoms with Crippen molar-refractivity contribution in [1.82, 2.24) is 9.97 Å². The van der Waals surface area contributed by atoms with Gasteiger partial charge in [-0.2, -0.15) is 0 Å². The third-order valence-corrected chi connectivity index (χ3v) is 6.08. The van der Waals surface area contributed by atoms with E-state index < -0.39 is 10.0 Å². The molecule has 1 aromatic heterocycles. The number of fused-ring (bicyclic) bond motifs is 1. The molecular formula is C28H23N3O2S. The van der Waals surface area contributed by atoms with Crippen molar-refractivity contribution in [1.29, 1.82) is 0 Å². The largest absolute Gasteiger partial charge is 0.338 e. The van der Waals surface area contributed by atoms with E-state index in [9.17, 15) is 8.42 Å². The van der Waals surface area contributed by atoms with Gasteiger partial charge in [0.15, 0.2) is 0 Å². The normalized spacial score (nSPS) is 11.8. The summed E-state index contributed by atoms with van der Waals surface area (Å²) in [4.78, 5) is 8.00. The molecule has 168 valence electrons. The highest BCUT2D eigenvalue weighted by Gasteiger charge is 2.10. The second kappa shape index (κ2) is 9.00. The fourth-order valence-electron chi connectivity index (χ4n) is 3.89. The maximum Gasteiger partial charge on any atom is 0.229 e. The van der Waals surface area contributed by atoms with Gasteiger partial charge in [0.1, 0.15) is 5.82 Å². The van der Waals surface area contributed by atoms with Crippen molar-refractivity contribution in [3.8, 4) is 22.3 Å². The molecule has 0 aliphatic heterocycles. The molecule has 2 N–H and O–H groups in total. The van der Waals surface area contributed by atoms with E-state index in [4.69, 9.17) is 0 Å². The zero-order chi connectivity index (χ0) is 23.5. The first-order valence-electron chi connectivity index (χ1n) is 10.9. The Balaban J connectivity index is 1.39. The fraction of sp³-hybridized carbons (Fsp3) is 0.0357. The number of aromatic nitrogens is 2. The number of rotatable bonds is 6. The number of para-hydroxylation sites is 1. The van der Waals surface area contributed by atoms with Crippen LogP contribution in [-0.2, 0) is 10.0 Å². The topological polar surface area (TPSA) is 74.8 Å². The number of hydrogen-bond acceptors (Lipinski definition) is 3. The van der Waals surface area contributed by atoms with E-state index in [1.54, 1.807) is 12.1 Å². The van der Waals surface area contributed by atoms with Crippen LogP contribution in [0.4, 0.5) is 5.69 Å². The van der Waals surface area contributed by atoms with Crippen molar-refractivity contribution in [3.05, 3.63) is 108 Å². The minimum Gasteiger partial charge on any atom is -0.338 e. The van der Waals surface area contributed by atoms with Gasteiger partial charge < -0.3 is 4.98 Å². The minimum atomic E-state index is -3.38. The predicted molar refractivity (Wildman–Crippen MR) is 141 cm³/mol. The SMILES string of the molecule is CS(=O)(=O)Nc1ccccc1-c1ccc2nc(/C=C/c3ccc(-c4ccccc4)cc3)[nH]c2c1. The highest BCUT2D eigenvalue weighted by Crippen LogP contribution is 2.30. The summed E-state index contributed by atoms with van der Waals surface area (Å²) < 4.78 is 26.1. The van der Waals surface area contributed by atoms with Gasteiger partial charge in [0.2, 0.25) is 10.0 Å². The Hall–Kier alpha value is -4.16. The third-order valence-electron chi connectivity index (χ3n) is 5.49. The van der Waals surface area contributed by atoms with Gasteiger partial charge in [0.25, 0.3) is 0 Å². The van der Waals surface area contributed by atoms with E-state index in [1.165, 1.54) is 11.1 Å². The molecule has 0 unspecified atom stereocenters. The number of nitrogens with zero attached hydrogens (tertiary/aromatic N) is 1. The number of benzene rings is 4. The zero-order valence-corrected chi connectivity index (χ0v) is 19.4. The number of sulfonamides is 1. The van der Waals surface area contributed by atoms with Crippen molar-refractivity contribution in [3.63, 3.8) is 0 Å². The van der Waals surface area contributed by atoms with Crippen LogP contribution in [0.25, 0.3) is 45.4 Å². The molecule has 5 nitrogen and oxygen atoms in total. The summed E-state index contributed by atoms with van der Waals surface area (Å²) in [6.45, 7) is 0. The van der Waals surface area contributed by atoms with Crippen molar-refractivity contribution in [2.75, 3.05) is 11.0 Å². The molecule has 0 spiro atoms. The fourth-order valence-corrected chi connectivity index (χ4v) is 4.47. The smallest absolute Gasteiger partial charge is 0.229 e. The lowest BCUT2D eigenvalue weighted by molar-refractivity contribution is 0.607. The van der Waals surface area contributed by atoms with Crippen LogP contribution >= 0.6 is 0 Å². The van der Waals surface area contributed by atoms with E-state index in [1.807, 2.05) is 60.7 Å². The molecule has 0 fully saturated rings. The molecule has 4 aromatic carbocycles. The van der Waals surface area contributed by atoms with Crippen molar-refractivity contribution >= 4 is 38.9 Å². The molecule has 0 amide bonds. The molecule has 0 saturated heterocycles. The van der Waals surface area contributed by atoms with E-state index in [0.29, 0.717) is 5.69 Å². The average molecular weight is 466 g/mol. The van der Waals surface area contributed by atoms with E-state index >= 15 is 0 Å². The van der Waals surface area contributed by atoms with Crippen LogP contribution in [0.5, 0.6) is 0 Å². The number of imidazole rings is 1. The first-order valence-corrected chi connectivity index (χ1v) is 12.7. The highest BCUT2D eigenvalue weighted by molar-refractivity contribution is 7.92. The standard InChI is InChI=1S/C28H23N3O2S/c1-34(32,33)31-25-10-6-5-9-24(25)23-16-17-26-27(19-23)30-28(29-26)18-13-20-11-14-22(15-12-20)21-7-3-2-4-8-21/h2-19,31H,1H3,(H,29,30)/b18-13+. The molecule has 5 aromatic rings. The van der Waals surface area contributed by atoms with Crippen molar-refractivity contribution < 1.29 is 8.42 Å². The van der Waals surface area contributed by atoms with Crippen LogP contribution < -0.4 is 4.72 Å². The Morgan fingerprint density at radius 3 is 2.21 bits per heavy atom. The molecule has 1 heterocycles. The number of hydrogen-bond donors (Lipinski definition) is 2. The summed E-state index contributed by atoms with van der Waals surface area (Å²) in [6, 6.07) is 31.9. The Bertz CT molecular complexity index is 1590. The quantitative estimate of drug-likeness (QED) is 0.303. The van der Waals surface area contributed by atoms with Crippen LogP contribution in [0.1, 0.15) is 11.4 Å². The molecule has 5 rings (SSSR count). The minimum absolute atomic E-state index is 0.544. The molecular weight excluding hydrogens is 442 g/mol. The maximum atomic E-state index is 11.7. The molecule has 0 saturated carbocycles. The monoisotopic (exact) mass is 465 g/mol. The maximum absolute atomic E-state index is 11.7. The van der Waals surface area contributed by atoms with Gasteiger partial charge in [-0.15, -0.1) is 0 Å². The van der Waals surface area contributed by atoms with Gasteiger partial charge >= 0.3 is 0 Å². The van der Waals surface area contributed by atoms with E-state index in [-0.39, 0.29) is 0 Å². The average Bonchev–Trinajstić information content (AvgIpc) is 3.25. The molecule has 0 bridgehead atoms. The number of aromatic amines is 1. The molecule has 0 aliphatic rings. The van der Waals surface area contributed by atoms with Gasteiger partial charge in [-0.3, -0.25) is 4.72 Å². The highest BCUT2D eigenvalue weighted by atomic mass is 32.2. The lowest BCUT2D eigenvalue weighted by Gasteiger charge is -2.10. The van der Waals surface area contributed by atoms with Crippen LogP contribution in [0.3, 0.4) is 0 Å². The lowest BCUT2D eigenvalue weighted by Crippen LogP contribution is -2.10. The Labute approximate surface area is 198 Å². The van der Waals surface area contributed by atoms with Gasteiger partial charge in [-0.25, -0.2) is 13.4 Å². The van der Waals surface area contributed by atoms with E-state index in [0.717, 1.165) is 39.8 Å². The Morgan fingerprint density at radius 2 is 1.44 bits per heavy atom. The zero-order valence-electron chi connectivity index (χ0n) is 18.6. The van der Waals surface area contributed by atoms with Crippen LogP contribution in [0.15, 0.2) is 97.1 Å². The summed E-state index contributed by atoms with van der Waals surface area (Å²) in [6.07, 6.45) is 5.13. The van der Waals surface area contributed by atoms with Gasteiger partial charge in [-0.1, -0.05) is 84.9 Å². The summed E-state index contributed by atoms with van der Waals surface area (Å²) in [7, 11) is -3.38. The summed E-state index contributed by atoms with van der Waals surface area (Å²) in [5.41, 5.74) is 7.43. The lowest BCUT2D eigenvalue weighted by atomic mass is 10.0. The van der Waals surface area contributed by atoms with E-state index in [2.05, 4.69) is 51.1 Å². The molecule has 0 radical (unpaired) electrons. The van der Waals surface area contributed by atoms with Gasteiger partial charge in [-0.05, 0) is 46.5 Å². The molecule has 34 heavy (non-hydrogen) atoms. The van der Waals surface area contributed by atoms with Crippen LogP contribution in [0.2, 0.25) is 0 Å². The van der Waals surface area contributed by atoms with Crippen LogP contribution in [0, 0.1) is 0 Å². The predicted octanol–water partition coefficient (Wildman–Crippen LogP) is 6.44. The summed E-state index contributed by atoms with van der Waals surface area (Å²) in [5, 5.41) is 0. The van der Waals surface area contributed by atoms with Crippen molar-refractivity contribution in [2.24, 2.45) is 0 Å². The number of anilines is 1. The second-order valence-corrected chi connectivity index (χ2v) is 9.84. The Morgan fingerprint density at radius 1 is 0.765 bits per heavy atom.